The molecule has 94 valence electrons. The maximum atomic E-state index is 9.01. The number of nitrogens with two attached hydrogens (primary N) is 1. The van der Waals surface area contributed by atoms with E-state index in [0.29, 0.717) is 22.5 Å². The third kappa shape index (κ3) is 4.00. The van der Waals surface area contributed by atoms with Gasteiger partial charge in [-0.05, 0) is 12.1 Å². The molecule has 1 rings (SSSR count). The molecular weight excluding hydrogens is 239 g/mol. The van der Waals surface area contributed by atoms with Crippen LogP contribution in [0.3, 0.4) is 0 Å². The number of rotatable bonds is 5. The molecule has 0 amide bonds. The molecule has 4 N–H and O–H groups in total. The molecule has 0 aliphatic carbocycles. The van der Waals surface area contributed by atoms with Gasteiger partial charge in [-0.3, -0.25) is 0 Å². The number of allylic oxidation sites excluding steroid dienone is 1. The number of benzene rings is 1. The summed E-state index contributed by atoms with van der Waals surface area (Å²) < 4.78 is 5.37. The van der Waals surface area contributed by atoms with Gasteiger partial charge in [0.15, 0.2) is 0 Å². The number of nitrogens with one attached hydrogen (secondary N) is 2. The van der Waals surface area contributed by atoms with Crippen LogP contribution in [0.4, 0.5) is 5.69 Å². The molecule has 1 aromatic rings. The minimum atomic E-state index is -0.00735. The molecule has 0 aliphatic rings. The van der Waals surface area contributed by atoms with Crippen molar-refractivity contribution in [2.45, 2.75) is 6.92 Å². The highest BCUT2D eigenvalue weighted by Crippen LogP contribution is 2.24. The van der Waals surface area contributed by atoms with Crippen molar-refractivity contribution in [2.24, 2.45) is 0 Å². The Kier molecular flexibility index (Phi) is 4.89. The predicted octanol–water partition coefficient (Wildman–Crippen LogP) is 1.61. The Bertz CT molecular complexity index is 583. The molecule has 0 aliphatic heterocycles. The first kappa shape index (κ1) is 14.5. The Hall–Kier alpha value is -2.55. The minimum Gasteiger partial charge on any atom is -0.486 e. The van der Waals surface area contributed by atoms with Crippen molar-refractivity contribution < 1.29 is 4.74 Å². The summed E-state index contributed by atoms with van der Waals surface area (Å²) in [6.45, 7) is 1.67. The summed E-state index contributed by atoms with van der Waals surface area (Å²) in [5.74, 6) is 0.290. The van der Waals surface area contributed by atoms with E-state index in [-0.39, 0.29) is 17.9 Å². The van der Waals surface area contributed by atoms with Gasteiger partial charge in [-0.15, -0.1) is 5.47 Å². The summed E-state index contributed by atoms with van der Waals surface area (Å²) in [6.07, 6.45) is 2.55. The van der Waals surface area contributed by atoms with Crippen LogP contribution in [0, 0.1) is 22.1 Å². The summed E-state index contributed by atoms with van der Waals surface area (Å²) >= 11 is 0. The number of anilines is 1. The van der Waals surface area contributed by atoms with E-state index in [2.05, 4.69) is 0 Å². The largest absolute Gasteiger partial charge is 0.486 e. The van der Waals surface area contributed by atoms with Gasteiger partial charge in [0.25, 0.3) is 0 Å². The average molecular weight is 252 g/mol. The van der Waals surface area contributed by atoms with E-state index in [4.69, 9.17) is 34.4 Å². The van der Waals surface area contributed by atoms with Gasteiger partial charge in [0.05, 0.1) is 11.3 Å². The monoisotopic (exact) mass is 252 g/mol. The van der Waals surface area contributed by atoms with Crippen molar-refractivity contribution in [3.05, 3.63) is 34.8 Å². The topological polar surface area (TPSA) is 107 Å². The molecule has 5 nitrogen and oxygen atoms in total. The Balaban J connectivity index is 2.93. The van der Waals surface area contributed by atoms with Gasteiger partial charge in [-0.1, -0.05) is 6.92 Å². The molecular formula is C13H13BN4O. The summed E-state index contributed by atoms with van der Waals surface area (Å²) in [4.78, 5) is 0. The Morgan fingerprint density at radius 3 is 2.79 bits per heavy atom. The van der Waals surface area contributed by atoms with Crippen molar-refractivity contribution in [2.75, 3.05) is 12.3 Å². The van der Waals surface area contributed by atoms with Gasteiger partial charge in [0.2, 0.25) is 0 Å². The summed E-state index contributed by atoms with van der Waals surface area (Å²) in [7, 11) is 5.45. The van der Waals surface area contributed by atoms with Gasteiger partial charge in [-0.25, -0.2) is 0 Å². The molecule has 0 fully saturated rings. The SMILES string of the molecule is [B]/C(C)=C\C(=N)COc1cc(N)c(C=N)cc1C#N. The second-order valence-electron chi connectivity index (χ2n) is 3.94. The van der Waals surface area contributed by atoms with E-state index < -0.39 is 0 Å². The van der Waals surface area contributed by atoms with Crippen LogP contribution in [0.5, 0.6) is 5.75 Å². The van der Waals surface area contributed by atoms with E-state index in [9.17, 15) is 0 Å². The number of nitrogen functional groups attached to an aromatic ring is 1. The molecule has 0 atom stereocenters. The molecule has 0 spiro atoms. The van der Waals surface area contributed by atoms with Gasteiger partial charge in [-0.2, -0.15) is 5.26 Å². The van der Waals surface area contributed by atoms with Gasteiger partial charge in [0.1, 0.15) is 26.3 Å². The Morgan fingerprint density at radius 2 is 2.26 bits per heavy atom. The van der Waals surface area contributed by atoms with Crippen molar-refractivity contribution in [3.63, 3.8) is 0 Å². The van der Waals surface area contributed by atoms with Crippen molar-refractivity contribution in [1.29, 1.82) is 16.1 Å². The van der Waals surface area contributed by atoms with Crippen molar-refractivity contribution in [3.8, 4) is 11.8 Å². The third-order valence-corrected chi connectivity index (χ3v) is 2.25. The van der Waals surface area contributed by atoms with Crippen LogP contribution in [0.25, 0.3) is 0 Å². The first-order valence-electron chi connectivity index (χ1n) is 5.46. The van der Waals surface area contributed by atoms with Crippen LogP contribution in [0.2, 0.25) is 0 Å². The number of nitriles is 1. The first-order valence-corrected chi connectivity index (χ1v) is 5.46. The van der Waals surface area contributed by atoms with Crippen molar-refractivity contribution in [1.82, 2.24) is 0 Å². The molecule has 0 unspecified atom stereocenters. The Labute approximate surface area is 113 Å². The lowest BCUT2D eigenvalue weighted by Gasteiger charge is -2.10. The molecule has 0 aromatic heterocycles. The highest BCUT2D eigenvalue weighted by Gasteiger charge is 2.08. The minimum absolute atomic E-state index is 0.00735. The zero-order valence-corrected chi connectivity index (χ0v) is 10.5. The third-order valence-electron chi connectivity index (χ3n) is 2.25. The molecule has 19 heavy (non-hydrogen) atoms. The summed E-state index contributed by atoms with van der Waals surface area (Å²) in [5, 5.41) is 23.8. The van der Waals surface area contributed by atoms with E-state index in [1.54, 1.807) is 6.92 Å². The zero-order valence-electron chi connectivity index (χ0n) is 10.5. The van der Waals surface area contributed by atoms with E-state index in [1.807, 2.05) is 6.07 Å². The van der Waals surface area contributed by atoms with Crippen LogP contribution in [-0.4, -0.2) is 26.4 Å². The highest BCUT2D eigenvalue weighted by molar-refractivity contribution is 6.23. The van der Waals surface area contributed by atoms with Crippen molar-refractivity contribution >= 4 is 25.5 Å². The quantitative estimate of drug-likeness (QED) is 0.421. The van der Waals surface area contributed by atoms with Crippen LogP contribution in [-0.2, 0) is 0 Å². The number of nitrogens with zero attached hydrogens (tertiary/aromatic N) is 1. The van der Waals surface area contributed by atoms with Crippen LogP contribution >= 0.6 is 0 Å². The van der Waals surface area contributed by atoms with Gasteiger partial charge in [0, 0.05) is 23.5 Å². The van der Waals surface area contributed by atoms with E-state index >= 15 is 0 Å². The van der Waals surface area contributed by atoms with E-state index in [1.165, 1.54) is 18.2 Å². The second kappa shape index (κ2) is 6.40. The second-order valence-corrected chi connectivity index (χ2v) is 3.94. The normalized spacial score (nSPS) is 10.6. The summed E-state index contributed by atoms with van der Waals surface area (Å²) in [5.41, 5.74) is 7.49. The predicted molar refractivity (Wildman–Crippen MR) is 76.2 cm³/mol. The van der Waals surface area contributed by atoms with Crippen LogP contribution in [0.15, 0.2) is 23.7 Å². The maximum absolute atomic E-state index is 9.01. The standard InChI is InChI=1S/C13H13BN4O/c1-8(14)2-11(17)7-19-13-4-12(18)9(5-15)3-10(13)6-16/h2-5,15,17H,7,18H2,1H3/b8-2-,15-5?,17-11?. The van der Waals surface area contributed by atoms with Gasteiger partial charge < -0.3 is 21.3 Å². The Morgan fingerprint density at radius 1 is 1.58 bits per heavy atom. The number of hydrogen-bond acceptors (Lipinski definition) is 5. The molecule has 0 saturated carbocycles. The smallest absolute Gasteiger partial charge is 0.139 e. The van der Waals surface area contributed by atoms with Crippen LogP contribution in [0.1, 0.15) is 18.1 Å². The summed E-state index contributed by atoms with van der Waals surface area (Å²) in [6, 6.07) is 4.92. The van der Waals surface area contributed by atoms with E-state index in [0.717, 1.165) is 6.21 Å². The first-order chi connectivity index (χ1) is 8.97. The molecule has 6 heteroatoms. The van der Waals surface area contributed by atoms with Gasteiger partial charge >= 0.3 is 0 Å². The lowest BCUT2D eigenvalue weighted by atomic mass is 9.97. The molecule has 2 radical (unpaired) electrons. The number of hydrogen-bond donors (Lipinski definition) is 3. The molecule has 0 bridgehead atoms. The maximum Gasteiger partial charge on any atom is 0.139 e. The molecule has 0 heterocycles. The number of ether oxygens (including phenoxy) is 1. The highest BCUT2D eigenvalue weighted by atomic mass is 16.5. The fourth-order valence-corrected chi connectivity index (χ4v) is 1.42. The molecule has 0 saturated heterocycles. The molecule has 1 aromatic carbocycles. The van der Waals surface area contributed by atoms with Crippen LogP contribution < -0.4 is 10.5 Å². The zero-order chi connectivity index (χ0) is 14.4. The lowest BCUT2D eigenvalue weighted by molar-refractivity contribution is 0.375. The average Bonchev–Trinajstić information content (AvgIpc) is 2.35. The fraction of sp³-hybridized carbons (Fsp3) is 0.154. The lowest BCUT2D eigenvalue weighted by Crippen LogP contribution is -2.10. The fourth-order valence-electron chi connectivity index (χ4n) is 1.42.